The first-order valence-electron chi connectivity index (χ1n) is 4.01. The molecule has 1 nitrogen and oxygen atoms in total. The van der Waals surface area contributed by atoms with E-state index in [1.165, 1.54) is 5.56 Å². The minimum atomic E-state index is -0.0487. The second kappa shape index (κ2) is 3.08. The van der Waals surface area contributed by atoms with Crippen molar-refractivity contribution < 1.29 is 4.74 Å². The summed E-state index contributed by atoms with van der Waals surface area (Å²) in [5.74, 6) is 0. The van der Waals surface area contributed by atoms with Gasteiger partial charge >= 0.3 is 0 Å². The molecule has 0 saturated heterocycles. The molecule has 63 valence electrons. The van der Waals surface area contributed by atoms with Gasteiger partial charge in [-0.05, 0) is 30.5 Å². The quantitative estimate of drug-likeness (QED) is 0.598. The lowest BCUT2D eigenvalue weighted by atomic mass is 9.99. The van der Waals surface area contributed by atoms with E-state index < -0.39 is 0 Å². The molecule has 0 aliphatic carbocycles. The molecular formula is C10H10ClO. The predicted molar refractivity (Wildman–Crippen MR) is 49.2 cm³/mol. The van der Waals surface area contributed by atoms with Gasteiger partial charge in [0.05, 0.1) is 12.7 Å². The van der Waals surface area contributed by atoms with E-state index >= 15 is 0 Å². The third-order valence-electron chi connectivity index (χ3n) is 2.17. The highest BCUT2D eigenvalue weighted by atomic mass is 35.5. The largest absolute Gasteiger partial charge is 0.373 e. The molecule has 1 aromatic rings. The first kappa shape index (κ1) is 8.09. The van der Waals surface area contributed by atoms with E-state index in [9.17, 15) is 0 Å². The Balaban J connectivity index is 2.52. The molecule has 0 saturated carbocycles. The molecule has 0 spiro atoms. The molecule has 2 heteroatoms. The van der Waals surface area contributed by atoms with E-state index in [1.54, 1.807) is 0 Å². The number of fused-ring (bicyclic) bond motifs is 1. The van der Waals surface area contributed by atoms with Crippen LogP contribution in [0.1, 0.15) is 17.2 Å². The summed E-state index contributed by atoms with van der Waals surface area (Å²) in [5.41, 5.74) is 2.33. The average Bonchev–Trinajstić information content (AvgIpc) is 2.07. The van der Waals surface area contributed by atoms with E-state index in [0.717, 1.165) is 23.6 Å². The molecule has 0 bridgehead atoms. The molecule has 0 aromatic heterocycles. The summed E-state index contributed by atoms with van der Waals surface area (Å²) < 4.78 is 5.39. The lowest BCUT2D eigenvalue weighted by Gasteiger charge is -2.23. The minimum Gasteiger partial charge on any atom is -0.373 e. The zero-order chi connectivity index (χ0) is 8.55. The Hall–Kier alpha value is -0.530. The standard InChI is InChI=1S/C10H10ClO/c1-7-8-3-2-4-10(11)9(8)5-6-12-7/h2-4,7H,1,5-6H2. The lowest BCUT2D eigenvalue weighted by molar-refractivity contribution is 0.0731. The van der Waals surface area contributed by atoms with Crippen molar-refractivity contribution in [1.29, 1.82) is 0 Å². The highest BCUT2D eigenvalue weighted by Gasteiger charge is 2.17. The normalized spacial score (nSPS) is 22.0. The van der Waals surface area contributed by atoms with E-state index in [1.807, 2.05) is 18.2 Å². The molecule has 0 N–H and O–H groups in total. The maximum Gasteiger partial charge on any atom is 0.0829 e. The minimum absolute atomic E-state index is 0.0487. The Morgan fingerprint density at radius 3 is 3.08 bits per heavy atom. The summed E-state index contributed by atoms with van der Waals surface area (Å²) in [4.78, 5) is 0. The van der Waals surface area contributed by atoms with Crippen molar-refractivity contribution in [3.05, 3.63) is 41.3 Å². The zero-order valence-electron chi connectivity index (χ0n) is 6.72. The van der Waals surface area contributed by atoms with Crippen LogP contribution in [0.25, 0.3) is 0 Å². The molecule has 0 fully saturated rings. The molecule has 1 radical (unpaired) electrons. The van der Waals surface area contributed by atoms with Crippen LogP contribution in [0.4, 0.5) is 0 Å². The third-order valence-corrected chi connectivity index (χ3v) is 2.53. The van der Waals surface area contributed by atoms with Gasteiger partial charge in [0.2, 0.25) is 0 Å². The molecule has 1 atom stereocenters. The summed E-state index contributed by atoms with van der Waals surface area (Å²) in [7, 11) is 0. The van der Waals surface area contributed by atoms with Gasteiger partial charge in [0, 0.05) is 5.02 Å². The predicted octanol–water partition coefficient (Wildman–Crippen LogP) is 2.79. The number of rotatable bonds is 0. The molecule has 1 aromatic carbocycles. The summed E-state index contributed by atoms with van der Waals surface area (Å²) in [6.45, 7) is 4.63. The number of hydrogen-bond acceptors (Lipinski definition) is 1. The van der Waals surface area contributed by atoms with Crippen LogP contribution >= 0.6 is 11.6 Å². The van der Waals surface area contributed by atoms with Crippen LogP contribution in [-0.4, -0.2) is 6.61 Å². The summed E-state index contributed by atoms with van der Waals surface area (Å²) in [6, 6.07) is 5.88. The van der Waals surface area contributed by atoms with Crippen molar-refractivity contribution in [3.8, 4) is 0 Å². The second-order valence-corrected chi connectivity index (χ2v) is 3.32. The van der Waals surface area contributed by atoms with Gasteiger partial charge in [-0.25, -0.2) is 0 Å². The van der Waals surface area contributed by atoms with Crippen molar-refractivity contribution in [2.45, 2.75) is 12.5 Å². The van der Waals surface area contributed by atoms with Gasteiger partial charge in [-0.3, -0.25) is 0 Å². The van der Waals surface area contributed by atoms with Crippen molar-refractivity contribution in [1.82, 2.24) is 0 Å². The maximum absolute atomic E-state index is 6.02. The maximum atomic E-state index is 6.02. The van der Waals surface area contributed by atoms with Crippen LogP contribution < -0.4 is 0 Å². The smallest absolute Gasteiger partial charge is 0.0829 e. The molecule has 1 unspecified atom stereocenters. The fourth-order valence-corrected chi connectivity index (χ4v) is 1.81. The monoisotopic (exact) mass is 181 g/mol. The van der Waals surface area contributed by atoms with Gasteiger partial charge in [0.1, 0.15) is 0 Å². The van der Waals surface area contributed by atoms with Gasteiger partial charge in [-0.1, -0.05) is 23.7 Å². The Morgan fingerprint density at radius 2 is 2.33 bits per heavy atom. The highest BCUT2D eigenvalue weighted by Crippen LogP contribution is 2.30. The number of benzene rings is 1. The average molecular weight is 182 g/mol. The van der Waals surface area contributed by atoms with Crippen LogP contribution in [0.2, 0.25) is 5.02 Å². The molecular weight excluding hydrogens is 172 g/mol. The Morgan fingerprint density at radius 1 is 1.50 bits per heavy atom. The number of ether oxygens (including phenoxy) is 1. The van der Waals surface area contributed by atoms with Gasteiger partial charge in [0.15, 0.2) is 0 Å². The van der Waals surface area contributed by atoms with Crippen molar-refractivity contribution in [3.63, 3.8) is 0 Å². The van der Waals surface area contributed by atoms with E-state index in [-0.39, 0.29) is 6.10 Å². The van der Waals surface area contributed by atoms with Gasteiger partial charge in [-0.15, -0.1) is 0 Å². The molecule has 0 amide bonds. The number of halogens is 1. The van der Waals surface area contributed by atoms with Crippen molar-refractivity contribution >= 4 is 11.6 Å². The van der Waals surface area contributed by atoms with Gasteiger partial charge < -0.3 is 4.74 Å². The highest BCUT2D eigenvalue weighted by molar-refractivity contribution is 6.31. The molecule has 1 aliphatic rings. The van der Waals surface area contributed by atoms with E-state index in [4.69, 9.17) is 16.3 Å². The summed E-state index contributed by atoms with van der Waals surface area (Å²) in [5, 5.41) is 0.837. The Bertz CT molecular complexity index is 296. The Labute approximate surface area is 77.3 Å². The zero-order valence-corrected chi connectivity index (χ0v) is 7.47. The third kappa shape index (κ3) is 1.23. The Kier molecular flexibility index (Phi) is 2.07. The van der Waals surface area contributed by atoms with Gasteiger partial charge in [-0.2, -0.15) is 0 Å². The van der Waals surface area contributed by atoms with Gasteiger partial charge in [0.25, 0.3) is 0 Å². The number of hydrogen-bond donors (Lipinski definition) is 0. The first-order chi connectivity index (χ1) is 5.79. The van der Waals surface area contributed by atoms with Crippen LogP contribution in [0, 0.1) is 6.92 Å². The molecule has 1 heterocycles. The summed E-state index contributed by atoms with van der Waals surface area (Å²) in [6.07, 6.45) is 0.855. The topological polar surface area (TPSA) is 9.23 Å². The SMILES string of the molecule is [CH2]C1OCCc2c(Cl)cccc21. The van der Waals surface area contributed by atoms with Crippen molar-refractivity contribution in [2.75, 3.05) is 6.61 Å². The van der Waals surface area contributed by atoms with Crippen LogP contribution in [-0.2, 0) is 11.2 Å². The van der Waals surface area contributed by atoms with Crippen LogP contribution in [0.15, 0.2) is 18.2 Å². The van der Waals surface area contributed by atoms with E-state index in [0.29, 0.717) is 0 Å². The second-order valence-electron chi connectivity index (χ2n) is 2.92. The molecule has 2 rings (SSSR count). The van der Waals surface area contributed by atoms with E-state index in [2.05, 4.69) is 6.92 Å². The molecule has 1 aliphatic heterocycles. The van der Waals surface area contributed by atoms with Crippen LogP contribution in [0.5, 0.6) is 0 Å². The molecule has 12 heavy (non-hydrogen) atoms. The summed E-state index contributed by atoms with van der Waals surface area (Å²) >= 11 is 6.02. The fraction of sp³-hybridized carbons (Fsp3) is 0.300. The first-order valence-corrected chi connectivity index (χ1v) is 4.39. The fourth-order valence-electron chi connectivity index (χ4n) is 1.53. The lowest BCUT2D eigenvalue weighted by Crippen LogP contribution is -2.14. The van der Waals surface area contributed by atoms with Crippen LogP contribution in [0.3, 0.4) is 0 Å². The van der Waals surface area contributed by atoms with Crippen molar-refractivity contribution in [2.24, 2.45) is 0 Å².